The highest BCUT2D eigenvalue weighted by Crippen LogP contribution is 2.14. The Morgan fingerprint density at radius 2 is 2.29 bits per heavy atom. The van der Waals surface area contributed by atoms with E-state index in [9.17, 15) is 4.79 Å². The molecule has 2 amide bonds. The summed E-state index contributed by atoms with van der Waals surface area (Å²) in [5.74, 6) is 0. The lowest BCUT2D eigenvalue weighted by Gasteiger charge is -2.06. The van der Waals surface area contributed by atoms with E-state index in [4.69, 9.17) is 16.7 Å². The van der Waals surface area contributed by atoms with Gasteiger partial charge in [-0.3, -0.25) is 0 Å². The van der Waals surface area contributed by atoms with E-state index in [1.807, 2.05) is 0 Å². The van der Waals surface area contributed by atoms with E-state index in [2.05, 4.69) is 10.6 Å². The smallest absolute Gasteiger partial charge is 0.319 e. The zero-order chi connectivity index (χ0) is 10.4. The second-order valence-electron chi connectivity index (χ2n) is 2.61. The number of hydrogen-bond donors (Lipinski definition) is 3. The van der Waals surface area contributed by atoms with Gasteiger partial charge in [0.1, 0.15) is 0 Å². The van der Waals surface area contributed by atoms with Gasteiger partial charge >= 0.3 is 6.03 Å². The number of carbonyl (C=O) groups is 1. The number of rotatable bonds is 3. The molecule has 0 heterocycles. The molecular formula is C9H11ClN2O2. The minimum absolute atomic E-state index is 0.0804. The van der Waals surface area contributed by atoms with Crippen LogP contribution in [-0.4, -0.2) is 24.3 Å². The summed E-state index contributed by atoms with van der Waals surface area (Å²) in [4.78, 5) is 11.1. The molecule has 1 aromatic rings. The minimum Gasteiger partial charge on any atom is -0.395 e. The fraction of sp³-hybridized carbons (Fsp3) is 0.222. The first-order valence-corrected chi connectivity index (χ1v) is 4.51. The SMILES string of the molecule is O=C(NCCO)Nc1cccc(Cl)c1. The van der Waals surface area contributed by atoms with Crippen LogP contribution in [0.15, 0.2) is 24.3 Å². The monoisotopic (exact) mass is 214 g/mol. The van der Waals surface area contributed by atoms with Crippen LogP contribution < -0.4 is 10.6 Å². The molecule has 0 aliphatic heterocycles. The summed E-state index contributed by atoms with van der Waals surface area (Å²) < 4.78 is 0. The number of halogens is 1. The number of aliphatic hydroxyl groups excluding tert-OH is 1. The Morgan fingerprint density at radius 3 is 2.93 bits per heavy atom. The van der Waals surface area contributed by atoms with E-state index >= 15 is 0 Å². The van der Waals surface area contributed by atoms with Crippen LogP contribution in [-0.2, 0) is 0 Å². The molecule has 0 aliphatic carbocycles. The summed E-state index contributed by atoms with van der Waals surface area (Å²) in [6, 6.07) is 6.47. The van der Waals surface area contributed by atoms with Crippen molar-refractivity contribution in [3.8, 4) is 0 Å². The van der Waals surface area contributed by atoms with Gasteiger partial charge < -0.3 is 15.7 Å². The van der Waals surface area contributed by atoms with Crippen molar-refractivity contribution in [3.63, 3.8) is 0 Å². The molecule has 0 aliphatic rings. The Labute approximate surface area is 86.9 Å². The normalized spacial score (nSPS) is 9.57. The number of nitrogens with one attached hydrogen (secondary N) is 2. The van der Waals surface area contributed by atoms with Crippen molar-refractivity contribution >= 4 is 23.3 Å². The molecule has 1 rings (SSSR count). The summed E-state index contributed by atoms with van der Waals surface area (Å²) >= 11 is 5.72. The standard InChI is InChI=1S/C9H11ClN2O2/c10-7-2-1-3-8(6-7)12-9(14)11-4-5-13/h1-3,6,13H,4-5H2,(H2,11,12,14). The highest BCUT2D eigenvalue weighted by atomic mass is 35.5. The molecule has 3 N–H and O–H groups in total. The van der Waals surface area contributed by atoms with Gasteiger partial charge in [0, 0.05) is 17.3 Å². The molecule has 0 fully saturated rings. The van der Waals surface area contributed by atoms with Crippen molar-refractivity contribution in [1.29, 1.82) is 0 Å². The largest absolute Gasteiger partial charge is 0.395 e. The molecule has 0 spiro atoms. The summed E-state index contributed by atoms with van der Waals surface area (Å²) in [6.07, 6.45) is 0. The maximum absolute atomic E-state index is 11.1. The predicted molar refractivity (Wildman–Crippen MR) is 55.6 cm³/mol. The van der Waals surface area contributed by atoms with E-state index in [0.717, 1.165) is 0 Å². The van der Waals surface area contributed by atoms with E-state index < -0.39 is 0 Å². The molecular weight excluding hydrogens is 204 g/mol. The third kappa shape index (κ3) is 3.64. The maximum atomic E-state index is 11.1. The number of anilines is 1. The molecule has 14 heavy (non-hydrogen) atoms. The quantitative estimate of drug-likeness (QED) is 0.713. The average molecular weight is 215 g/mol. The van der Waals surface area contributed by atoms with Crippen LogP contribution in [0.4, 0.5) is 10.5 Å². The fourth-order valence-corrected chi connectivity index (χ4v) is 1.10. The molecule has 4 nitrogen and oxygen atoms in total. The van der Waals surface area contributed by atoms with E-state index in [1.165, 1.54) is 0 Å². The van der Waals surface area contributed by atoms with Gasteiger partial charge in [-0.1, -0.05) is 17.7 Å². The number of aliphatic hydroxyl groups is 1. The zero-order valence-electron chi connectivity index (χ0n) is 7.46. The maximum Gasteiger partial charge on any atom is 0.319 e. The Morgan fingerprint density at radius 1 is 1.50 bits per heavy atom. The number of amides is 2. The third-order valence-corrected chi connectivity index (χ3v) is 1.71. The average Bonchev–Trinajstić information content (AvgIpc) is 2.15. The fourth-order valence-electron chi connectivity index (χ4n) is 0.911. The van der Waals surface area contributed by atoms with Crippen LogP contribution in [0.25, 0.3) is 0 Å². The van der Waals surface area contributed by atoms with Crippen molar-refractivity contribution < 1.29 is 9.90 Å². The van der Waals surface area contributed by atoms with Crippen molar-refractivity contribution in [2.75, 3.05) is 18.5 Å². The third-order valence-electron chi connectivity index (χ3n) is 1.48. The lowest BCUT2D eigenvalue weighted by atomic mass is 10.3. The first-order valence-electron chi connectivity index (χ1n) is 4.13. The Bertz CT molecular complexity index is 317. The number of urea groups is 1. The van der Waals surface area contributed by atoms with E-state index in [-0.39, 0.29) is 19.2 Å². The molecule has 76 valence electrons. The van der Waals surface area contributed by atoms with Crippen molar-refractivity contribution in [3.05, 3.63) is 29.3 Å². The van der Waals surface area contributed by atoms with Gasteiger partial charge in [0.2, 0.25) is 0 Å². The molecule has 1 aromatic carbocycles. The first-order chi connectivity index (χ1) is 6.72. The highest BCUT2D eigenvalue weighted by Gasteiger charge is 1.99. The van der Waals surface area contributed by atoms with Gasteiger partial charge in [0.25, 0.3) is 0 Å². The summed E-state index contributed by atoms with van der Waals surface area (Å²) in [5, 5.41) is 14.1. The van der Waals surface area contributed by atoms with Gasteiger partial charge in [-0.15, -0.1) is 0 Å². The van der Waals surface area contributed by atoms with Crippen LogP contribution in [0.2, 0.25) is 5.02 Å². The molecule has 0 bridgehead atoms. The van der Waals surface area contributed by atoms with Crippen LogP contribution in [0.1, 0.15) is 0 Å². The van der Waals surface area contributed by atoms with Crippen LogP contribution in [0.3, 0.4) is 0 Å². The molecule has 0 atom stereocenters. The molecule has 0 radical (unpaired) electrons. The Balaban J connectivity index is 2.47. The van der Waals surface area contributed by atoms with Gasteiger partial charge in [-0.25, -0.2) is 4.79 Å². The Hall–Kier alpha value is -1.26. The molecule has 5 heteroatoms. The molecule has 0 aromatic heterocycles. The van der Waals surface area contributed by atoms with E-state index in [0.29, 0.717) is 10.7 Å². The first kappa shape index (κ1) is 10.8. The zero-order valence-corrected chi connectivity index (χ0v) is 8.21. The van der Waals surface area contributed by atoms with Crippen molar-refractivity contribution in [1.82, 2.24) is 5.32 Å². The predicted octanol–water partition coefficient (Wildman–Crippen LogP) is 1.45. The number of carbonyl (C=O) groups excluding carboxylic acids is 1. The molecule has 0 unspecified atom stereocenters. The second-order valence-corrected chi connectivity index (χ2v) is 3.05. The van der Waals surface area contributed by atoms with E-state index in [1.54, 1.807) is 24.3 Å². The van der Waals surface area contributed by atoms with Crippen molar-refractivity contribution in [2.45, 2.75) is 0 Å². The number of benzene rings is 1. The van der Waals surface area contributed by atoms with Crippen LogP contribution in [0, 0.1) is 0 Å². The van der Waals surface area contributed by atoms with Crippen molar-refractivity contribution in [2.24, 2.45) is 0 Å². The van der Waals surface area contributed by atoms with Gasteiger partial charge in [-0.2, -0.15) is 0 Å². The highest BCUT2D eigenvalue weighted by molar-refractivity contribution is 6.30. The lowest BCUT2D eigenvalue weighted by Crippen LogP contribution is -2.30. The minimum atomic E-state index is -0.360. The van der Waals surface area contributed by atoms with Gasteiger partial charge in [-0.05, 0) is 18.2 Å². The number of hydrogen-bond acceptors (Lipinski definition) is 2. The summed E-state index contributed by atoms with van der Waals surface area (Å²) in [6.45, 7) is 0.148. The summed E-state index contributed by atoms with van der Waals surface area (Å²) in [7, 11) is 0. The molecule has 0 saturated heterocycles. The van der Waals surface area contributed by atoms with Crippen LogP contribution >= 0.6 is 11.6 Å². The molecule has 0 saturated carbocycles. The van der Waals surface area contributed by atoms with Crippen LogP contribution in [0.5, 0.6) is 0 Å². The van der Waals surface area contributed by atoms with Gasteiger partial charge in [0.05, 0.1) is 6.61 Å². The Kier molecular flexibility index (Phi) is 4.22. The topological polar surface area (TPSA) is 61.4 Å². The van der Waals surface area contributed by atoms with Gasteiger partial charge in [0.15, 0.2) is 0 Å². The summed E-state index contributed by atoms with van der Waals surface area (Å²) in [5.41, 5.74) is 0.618. The second kappa shape index (κ2) is 5.47. The lowest BCUT2D eigenvalue weighted by molar-refractivity contribution is 0.245.